The minimum absolute atomic E-state index is 0.157. The number of carbonyl (C=O) groups excluding carboxylic acids is 2. The van der Waals surface area contributed by atoms with Crippen molar-refractivity contribution in [2.24, 2.45) is 0 Å². The number of carbonyl (C=O) groups is 2. The first-order valence-corrected chi connectivity index (χ1v) is 6.79. The molecule has 0 aromatic heterocycles. The van der Waals surface area contributed by atoms with Crippen molar-refractivity contribution in [2.75, 3.05) is 19.8 Å². The number of nitrogens with zero attached hydrogens (tertiary/aromatic N) is 1. The van der Waals surface area contributed by atoms with Crippen LogP contribution >= 0.6 is 0 Å². The molecule has 0 bridgehead atoms. The van der Waals surface area contributed by atoms with Gasteiger partial charge >= 0.3 is 5.97 Å². The summed E-state index contributed by atoms with van der Waals surface area (Å²) in [5, 5.41) is 0. The maximum atomic E-state index is 12.4. The lowest BCUT2D eigenvalue weighted by Gasteiger charge is -2.35. The third kappa shape index (κ3) is 2.81. The number of halogens is 1. The van der Waals surface area contributed by atoms with Crippen LogP contribution in [0, 0.1) is 0 Å². The van der Waals surface area contributed by atoms with Crippen LogP contribution < -0.4 is 0 Å². The second-order valence-corrected chi connectivity index (χ2v) is 4.66. The van der Waals surface area contributed by atoms with Crippen molar-refractivity contribution in [1.82, 2.24) is 4.90 Å². The molecule has 1 unspecified atom stereocenters. The second-order valence-electron chi connectivity index (χ2n) is 4.66. The molecule has 1 aromatic carbocycles. The van der Waals surface area contributed by atoms with E-state index >= 15 is 0 Å². The first-order valence-electron chi connectivity index (χ1n) is 6.79. The van der Waals surface area contributed by atoms with E-state index in [-0.39, 0.29) is 31.9 Å². The van der Waals surface area contributed by atoms with Gasteiger partial charge in [0, 0.05) is 6.54 Å². The molecule has 0 saturated carbocycles. The van der Waals surface area contributed by atoms with Crippen molar-refractivity contribution in [2.45, 2.75) is 25.8 Å². The molecule has 1 heterocycles. The summed E-state index contributed by atoms with van der Waals surface area (Å²) in [6.07, 6.45) is 0.474. The number of fused-ring (bicyclic) bond motifs is 1. The molecule has 0 spiro atoms. The Hall–Kier alpha value is -1.91. The summed E-state index contributed by atoms with van der Waals surface area (Å²) < 4.78 is 17.5. The van der Waals surface area contributed by atoms with E-state index in [0.717, 1.165) is 11.1 Å². The average Bonchev–Trinajstić information content (AvgIpc) is 2.44. The van der Waals surface area contributed by atoms with E-state index in [1.165, 1.54) is 4.90 Å². The van der Waals surface area contributed by atoms with Gasteiger partial charge in [-0.25, -0.2) is 4.79 Å². The molecule has 1 aliphatic heterocycles. The third-order valence-electron chi connectivity index (χ3n) is 3.37. The van der Waals surface area contributed by atoms with Gasteiger partial charge in [0.2, 0.25) is 5.91 Å². The Labute approximate surface area is 117 Å². The van der Waals surface area contributed by atoms with Gasteiger partial charge in [-0.15, -0.1) is 0 Å². The molecule has 4 nitrogen and oxygen atoms in total. The van der Waals surface area contributed by atoms with E-state index in [9.17, 15) is 14.0 Å². The fourth-order valence-electron chi connectivity index (χ4n) is 2.50. The van der Waals surface area contributed by atoms with Crippen LogP contribution in [0.3, 0.4) is 0 Å². The summed E-state index contributed by atoms with van der Waals surface area (Å²) in [7, 11) is 0. The highest BCUT2D eigenvalue weighted by molar-refractivity contribution is 5.90. The van der Waals surface area contributed by atoms with Crippen LogP contribution in [0.2, 0.25) is 0 Å². The van der Waals surface area contributed by atoms with E-state index in [2.05, 4.69) is 0 Å². The van der Waals surface area contributed by atoms with E-state index in [1.807, 2.05) is 24.3 Å². The fraction of sp³-hybridized carbons (Fsp3) is 0.467. The summed E-state index contributed by atoms with van der Waals surface area (Å²) >= 11 is 0. The van der Waals surface area contributed by atoms with Crippen LogP contribution in [0.15, 0.2) is 24.3 Å². The summed E-state index contributed by atoms with van der Waals surface area (Å²) in [6.45, 7) is 1.69. The molecule has 0 saturated heterocycles. The Morgan fingerprint density at radius 2 is 2.20 bits per heavy atom. The largest absolute Gasteiger partial charge is 0.464 e. The van der Waals surface area contributed by atoms with Crippen LogP contribution in [0.4, 0.5) is 4.39 Å². The number of ether oxygens (including phenoxy) is 1. The molecule has 1 amide bonds. The smallest absolute Gasteiger partial charge is 0.333 e. The lowest BCUT2D eigenvalue weighted by Crippen LogP contribution is -2.45. The number of rotatable bonds is 5. The van der Waals surface area contributed by atoms with Crippen LogP contribution in [0.1, 0.15) is 30.5 Å². The van der Waals surface area contributed by atoms with E-state index in [4.69, 9.17) is 4.74 Å². The van der Waals surface area contributed by atoms with E-state index in [0.29, 0.717) is 0 Å². The minimum atomic E-state index is -0.751. The van der Waals surface area contributed by atoms with Crippen molar-refractivity contribution < 1.29 is 18.7 Å². The number of alkyl halides is 1. The number of hydrogen-bond acceptors (Lipinski definition) is 3. The highest BCUT2D eigenvalue weighted by Crippen LogP contribution is 2.31. The van der Waals surface area contributed by atoms with Crippen molar-refractivity contribution in [3.63, 3.8) is 0 Å². The quantitative estimate of drug-likeness (QED) is 0.775. The molecule has 0 fully saturated rings. The Morgan fingerprint density at radius 1 is 1.45 bits per heavy atom. The van der Waals surface area contributed by atoms with Crippen LogP contribution in [0.5, 0.6) is 0 Å². The van der Waals surface area contributed by atoms with Crippen molar-refractivity contribution in [3.8, 4) is 0 Å². The first-order chi connectivity index (χ1) is 9.69. The van der Waals surface area contributed by atoms with Gasteiger partial charge in [0.05, 0.1) is 19.7 Å². The maximum Gasteiger partial charge on any atom is 0.333 e. The molecule has 20 heavy (non-hydrogen) atoms. The standard InChI is InChI=1S/C15H18FNO3/c1-2-20-15(19)14-12-7-4-3-6-11(12)10-13(18)17(14)9-5-8-16/h3-4,6-7,14H,2,5,8-10H2,1H3. The molecule has 0 N–H and O–H groups in total. The summed E-state index contributed by atoms with van der Waals surface area (Å²) in [4.78, 5) is 25.8. The molecule has 5 heteroatoms. The molecule has 1 aromatic rings. The second kappa shape index (κ2) is 6.50. The van der Waals surface area contributed by atoms with Gasteiger partial charge in [-0.3, -0.25) is 9.18 Å². The zero-order chi connectivity index (χ0) is 14.5. The SMILES string of the molecule is CCOC(=O)C1c2ccccc2CC(=O)N1CCCF. The zero-order valence-corrected chi connectivity index (χ0v) is 11.5. The average molecular weight is 279 g/mol. The van der Waals surface area contributed by atoms with Gasteiger partial charge < -0.3 is 9.64 Å². The van der Waals surface area contributed by atoms with Gasteiger partial charge in [0.1, 0.15) is 0 Å². The fourth-order valence-corrected chi connectivity index (χ4v) is 2.50. The van der Waals surface area contributed by atoms with Crippen molar-refractivity contribution in [3.05, 3.63) is 35.4 Å². The van der Waals surface area contributed by atoms with Gasteiger partial charge in [-0.1, -0.05) is 24.3 Å². The minimum Gasteiger partial charge on any atom is -0.464 e. The van der Waals surface area contributed by atoms with Crippen LogP contribution in [-0.2, 0) is 20.7 Å². The highest BCUT2D eigenvalue weighted by atomic mass is 19.1. The van der Waals surface area contributed by atoms with E-state index < -0.39 is 18.7 Å². The Balaban J connectivity index is 2.36. The number of esters is 1. The lowest BCUT2D eigenvalue weighted by molar-refractivity contribution is -0.156. The predicted octanol–water partition coefficient (Wildman–Crippen LogP) is 2.04. The summed E-state index contributed by atoms with van der Waals surface area (Å²) in [5.41, 5.74) is 1.62. The predicted molar refractivity (Wildman–Crippen MR) is 71.8 cm³/mol. The first kappa shape index (κ1) is 14.5. The van der Waals surface area contributed by atoms with Gasteiger partial charge in [-0.05, 0) is 24.5 Å². The highest BCUT2D eigenvalue weighted by Gasteiger charge is 2.37. The Bertz CT molecular complexity index is 504. The molecular weight excluding hydrogens is 261 g/mol. The topological polar surface area (TPSA) is 46.6 Å². The van der Waals surface area contributed by atoms with Crippen molar-refractivity contribution >= 4 is 11.9 Å². The normalized spacial score (nSPS) is 17.8. The Morgan fingerprint density at radius 3 is 2.90 bits per heavy atom. The summed E-state index contributed by atoms with van der Waals surface area (Å²) in [6, 6.07) is 6.58. The van der Waals surface area contributed by atoms with Gasteiger partial charge in [0.15, 0.2) is 6.04 Å². The molecular formula is C15H18FNO3. The van der Waals surface area contributed by atoms with Crippen LogP contribution in [-0.4, -0.2) is 36.6 Å². The number of benzene rings is 1. The number of amides is 1. The zero-order valence-electron chi connectivity index (χ0n) is 11.5. The molecule has 1 atom stereocenters. The monoisotopic (exact) mass is 279 g/mol. The Kier molecular flexibility index (Phi) is 4.71. The molecule has 0 radical (unpaired) electrons. The maximum absolute atomic E-state index is 12.4. The lowest BCUT2D eigenvalue weighted by atomic mass is 9.92. The van der Waals surface area contributed by atoms with Crippen molar-refractivity contribution in [1.29, 1.82) is 0 Å². The molecule has 2 rings (SSSR count). The van der Waals surface area contributed by atoms with Gasteiger partial charge in [0.25, 0.3) is 0 Å². The molecule has 108 valence electrons. The third-order valence-corrected chi connectivity index (χ3v) is 3.37. The molecule has 0 aliphatic carbocycles. The van der Waals surface area contributed by atoms with E-state index in [1.54, 1.807) is 6.92 Å². The van der Waals surface area contributed by atoms with Gasteiger partial charge in [-0.2, -0.15) is 0 Å². The molecule has 1 aliphatic rings. The number of hydrogen-bond donors (Lipinski definition) is 0. The van der Waals surface area contributed by atoms with Crippen LogP contribution in [0.25, 0.3) is 0 Å². The summed E-state index contributed by atoms with van der Waals surface area (Å²) in [5.74, 6) is -0.609.